The SMILES string of the molecule is C[C@@H]1CCCN1CCc1ccc(-c2ccc(CCC(=O)NC(C)(C)C(=O)OC(C)(C)C)cc2)cc1.O=C(O)C(F)(F)F. The third-order valence-electron chi connectivity index (χ3n) is 6.86. The zero-order valence-corrected chi connectivity index (χ0v) is 25.3. The van der Waals surface area contributed by atoms with Gasteiger partial charge in [-0.15, -0.1) is 0 Å². The number of aliphatic carboxylic acids is 1. The Morgan fingerprint density at radius 1 is 0.905 bits per heavy atom. The van der Waals surface area contributed by atoms with E-state index < -0.39 is 29.3 Å². The molecule has 0 aromatic heterocycles. The van der Waals surface area contributed by atoms with Crippen LogP contribution >= 0.6 is 0 Å². The number of ether oxygens (including phenoxy) is 1. The molecule has 1 amide bonds. The molecular formula is C32H43F3N2O5. The molecule has 0 unspecified atom stereocenters. The minimum atomic E-state index is -5.08. The maximum Gasteiger partial charge on any atom is 0.490 e. The fraction of sp³-hybridized carbons (Fsp3) is 0.531. The van der Waals surface area contributed by atoms with E-state index in [1.807, 2.05) is 20.8 Å². The Kier molecular flexibility index (Phi) is 12.2. The Hall–Kier alpha value is -3.40. The highest BCUT2D eigenvalue weighted by Gasteiger charge is 2.38. The van der Waals surface area contributed by atoms with E-state index in [0.717, 1.165) is 24.6 Å². The van der Waals surface area contributed by atoms with Gasteiger partial charge in [-0.25, -0.2) is 9.59 Å². The van der Waals surface area contributed by atoms with Crippen LogP contribution in [0, 0.1) is 0 Å². The van der Waals surface area contributed by atoms with Crippen molar-refractivity contribution >= 4 is 17.8 Å². The smallest absolute Gasteiger partial charge is 0.475 e. The van der Waals surface area contributed by atoms with E-state index in [1.54, 1.807) is 13.8 Å². The molecule has 232 valence electrons. The lowest BCUT2D eigenvalue weighted by Crippen LogP contribution is -2.52. The van der Waals surface area contributed by atoms with Crippen LogP contribution in [-0.2, 0) is 32.0 Å². The van der Waals surface area contributed by atoms with E-state index >= 15 is 0 Å². The first-order chi connectivity index (χ1) is 19.4. The van der Waals surface area contributed by atoms with Crippen LogP contribution in [-0.4, -0.2) is 64.3 Å². The van der Waals surface area contributed by atoms with Crippen LogP contribution in [0.5, 0.6) is 0 Å². The molecule has 7 nitrogen and oxygen atoms in total. The third kappa shape index (κ3) is 11.8. The summed E-state index contributed by atoms with van der Waals surface area (Å²) in [6, 6.07) is 18.0. The predicted molar refractivity (Wildman–Crippen MR) is 156 cm³/mol. The fourth-order valence-corrected chi connectivity index (χ4v) is 4.45. The Morgan fingerprint density at radius 3 is 1.79 bits per heavy atom. The van der Waals surface area contributed by atoms with Gasteiger partial charge in [-0.05, 0) is 96.0 Å². The number of carboxylic acid groups (broad SMARTS) is 1. The highest BCUT2D eigenvalue weighted by Crippen LogP contribution is 2.22. The molecule has 2 N–H and O–H groups in total. The number of halogens is 3. The number of likely N-dealkylation sites (tertiary alicyclic amines) is 1. The molecule has 1 heterocycles. The molecule has 0 radical (unpaired) electrons. The Bertz CT molecular complexity index is 1190. The lowest BCUT2D eigenvalue weighted by Gasteiger charge is -2.29. The van der Waals surface area contributed by atoms with Crippen molar-refractivity contribution in [3.8, 4) is 11.1 Å². The molecule has 1 fully saturated rings. The number of hydrogen-bond acceptors (Lipinski definition) is 5. The molecule has 2 aromatic rings. The van der Waals surface area contributed by atoms with Crippen LogP contribution in [0.4, 0.5) is 13.2 Å². The van der Waals surface area contributed by atoms with E-state index in [-0.39, 0.29) is 5.91 Å². The van der Waals surface area contributed by atoms with Crippen LogP contribution in [0.3, 0.4) is 0 Å². The topological polar surface area (TPSA) is 95.9 Å². The second kappa shape index (κ2) is 14.7. The minimum absolute atomic E-state index is 0.163. The van der Waals surface area contributed by atoms with Crippen molar-refractivity contribution < 1.29 is 37.4 Å². The van der Waals surface area contributed by atoms with Gasteiger partial charge in [0, 0.05) is 19.0 Å². The van der Waals surface area contributed by atoms with Crippen LogP contribution in [0.2, 0.25) is 0 Å². The molecule has 1 atom stereocenters. The van der Waals surface area contributed by atoms with Crippen LogP contribution < -0.4 is 5.32 Å². The van der Waals surface area contributed by atoms with Crippen LogP contribution in [0.1, 0.15) is 71.9 Å². The summed E-state index contributed by atoms with van der Waals surface area (Å²) in [4.78, 5) is 36.3. The quantitative estimate of drug-likeness (QED) is 0.338. The lowest BCUT2D eigenvalue weighted by atomic mass is 10.00. The zero-order valence-electron chi connectivity index (χ0n) is 25.3. The molecule has 42 heavy (non-hydrogen) atoms. The molecule has 0 saturated carbocycles. The second-order valence-corrected chi connectivity index (χ2v) is 12.1. The normalized spacial score (nSPS) is 15.9. The Labute approximate surface area is 246 Å². The monoisotopic (exact) mass is 592 g/mol. The maximum atomic E-state index is 12.5. The van der Waals surface area contributed by atoms with Gasteiger partial charge in [-0.1, -0.05) is 48.5 Å². The number of rotatable bonds is 9. The van der Waals surface area contributed by atoms with Gasteiger partial charge < -0.3 is 20.1 Å². The summed E-state index contributed by atoms with van der Waals surface area (Å²) in [5.41, 5.74) is 3.19. The second-order valence-electron chi connectivity index (χ2n) is 12.1. The average molecular weight is 593 g/mol. The number of carbonyl (C=O) groups excluding carboxylic acids is 2. The fourth-order valence-electron chi connectivity index (χ4n) is 4.45. The minimum Gasteiger partial charge on any atom is -0.475 e. The number of alkyl halides is 3. The highest BCUT2D eigenvalue weighted by molar-refractivity contribution is 5.87. The first-order valence-electron chi connectivity index (χ1n) is 14.1. The van der Waals surface area contributed by atoms with Crippen molar-refractivity contribution in [1.29, 1.82) is 0 Å². The summed E-state index contributed by atoms with van der Waals surface area (Å²) in [6.45, 7) is 13.5. The molecule has 0 aliphatic carbocycles. The number of benzene rings is 2. The van der Waals surface area contributed by atoms with Crippen LogP contribution in [0.15, 0.2) is 48.5 Å². The Morgan fingerprint density at radius 2 is 1.38 bits per heavy atom. The van der Waals surface area contributed by atoms with Gasteiger partial charge in [0.2, 0.25) is 5.91 Å². The zero-order chi connectivity index (χ0) is 31.7. The van der Waals surface area contributed by atoms with Crippen molar-refractivity contribution in [2.24, 2.45) is 0 Å². The Balaban J connectivity index is 0.000000782. The van der Waals surface area contributed by atoms with Gasteiger partial charge in [0.25, 0.3) is 0 Å². The lowest BCUT2D eigenvalue weighted by molar-refractivity contribution is -0.192. The number of nitrogens with one attached hydrogen (secondary N) is 1. The summed E-state index contributed by atoms with van der Waals surface area (Å²) >= 11 is 0. The van der Waals surface area contributed by atoms with E-state index in [0.29, 0.717) is 12.8 Å². The van der Waals surface area contributed by atoms with E-state index in [1.165, 1.54) is 36.1 Å². The van der Waals surface area contributed by atoms with Gasteiger partial charge in [-0.3, -0.25) is 4.79 Å². The molecular weight excluding hydrogens is 549 g/mol. The van der Waals surface area contributed by atoms with Crippen molar-refractivity contribution in [3.05, 3.63) is 59.7 Å². The number of nitrogens with zero attached hydrogens (tertiary/aromatic N) is 1. The van der Waals surface area contributed by atoms with Gasteiger partial charge in [-0.2, -0.15) is 13.2 Å². The van der Waals surface area contributed by atoms with Crippen molar-refractivity contribution in [1.82, 2.24) is 10.2 Å². The predicted octanol–water partition coefficient (Wildman–Crippen LogP) is 6.18. The van der Waals surface area contributed by atoms with Gasteiger partial charge in [0.05, 0.1) is 0 Å². The number of carboxylic acids is 1. The molecule has 0 bridgehead atoms. The van der Waals surface area contributed by atoms with Crippen molar-refractivity contribution in [3.63, 3.8) is 0 Å². The third-order valence-corrected chi connectivity index (χ3v) is 6.86. The van der Waals surface area contributed by atoms with Crippen molar-refractivity contribution in [2.45, 2.75) is 97.0 Å². The van der Waals surface area contributed by atoms with Gasteiger partial charge in [0.1, 0.15) is 11.1 Å². The summed E-state index contributed by atoms with van der Waals surface area (Å²) in [7, 11) is 0. The maximum absolute atomic E-state index is 12.5. The molecule has 0 spiro atoms. The van der Waals surface area contributed by atoms with E-state index in [9.17, 15) is 22.8 Å². The van der Waals surface area contributed by atoms with E-state index in [2.05, 4.69) is 65.7 Å². The first-order valence-corrected chi connectivity index (χ1v) is 14.1. The molecule has 1 saturated heterocycles. The molecule has 1 aliphatic heterocycles. The number of carbonyl (C=O) groups is 3. The summed E-state index contributed by atoms with van der Waals surface area (Å²) in [5, 5.41) is 9.93. The number of esters is 1. The number of hydrogen-bond donors (Lipinski definition) is 2. The molecule has 10 heteroatoms. The molecule has 2 aromatic carbocycles. The number of aryl methyl sites for hydroxylation is 1. The van der Waals surface area contributed by atoms with Gasteiger partial charge in [0.15, 0.2) is 0 Å². The molecule has 3 rings (SSSR count). The first kappa shape index (κ1) is 34.8. The summed E-state index contributed by atoms with van der Waals surface area (Å²) in [5.74, 6) is -3.35. The number of amides is 1. The largest absolute Gasteiger partial charge is 0.490 e. The summed E-state index contributed by atoms with van der Waals surface area (Å²) < 4.78 is 37.1. The average Bonchev–Trinajstić information content (AvgIpc) is 3.30. The van der Waals surface area contributed by atoms with Crippen LogP contribution in [0.25, 0.3) is 11.1 Å². The van der Waals surface area contributed by atoms with Gasteiger partial charge >= 0.3 is 18.1 Å². The van der Waals surface area contributed by atoms with E-state index in [4.69, 9.17) is 14.6 Å². The highest BCUT2D eigenvalue weighted by atomic mass is 19.4. The molecule has 1 aliphatic rings. The summed E-state index contributed by atoms with van der Waals surface area (Å²) in [6.07, 6.45) is -0.412. The van der Waals surface area contributed by atoms with Crippen molar-refractivity contribution in [2.75, 3.05) is 13.1 Å². The standard InChI is InChI=1S/C30H42N2O3.C2HF3O2/c1-22-8-7-20-32(22)21-19-24-11-16-26(17-12-24)25-14-9-23(10-15-25)13-18-27(33)31-30(5,6)28(34)35-29(2,3)4;3-2(4,5)1(6)7/h9-12,14-17,22H,7-8,13,18-21H2,1-6H3,(H,31,33);(H,6,7)/t22-;/m1./s1.